The highest BCUT2D eigenvalue weighted by Gasteiger charge is 2.20. The molecule has 0 spiro atoms. The third-order valence-corrected chi connectivity index (χ3v) is 6.18. The second-order valence-corrected chi connectivity index (χ2v) is 9.16. The van der Waals surface area contributed by atoms with Gasteiger partial charge in [-0.25, -0.2) is 19.5 Å². The lowest BCUT2D eigenvalue weighted by molar-refractivity contribution is -0.117. The maximum atomic E-state index is 12.2. The van der Waals surface area contributed by atoms with E-state index in [1.807, 2.05) is 67.7 Å². The Balaban J connectivity index is 1.17. The molecule has 5 heterocycles. The number of pyridine rings is 1. The predicted octanol–water partition coefficient (Wildman–Crippen LogP) is 3.92. The number of anilines is 5. The van der Waals surface area contributed by atoms with Crippen molar-refractivity contribution in [3.63, 3.8) is 0 Å². The molecule has 1 saturated heterocycles. The SMILES string of the molecule is Cc1cccc(-c2nc(Nc3ccnc(Nc4ccc(NC(=O)CC5CNC5)cc4)n3)c3cccn3n2)n1. The molecule has 11 heteroatoms. The molecule has 1 amide bonds. The summed E-state index contributed by atoms with van der Waals surface area (Å²) in [6.07, 6.45) is 4.07. The monoisotopic (exact) mass is 506 g/mol. The Morgan fingerprint density at radius 1 is 0.974 bits per heavy atom. The zero-order chi connectivity index (χ0) is 25.9. The maximum Gasteiger partial charge on any atom is 0.229 e. The lowest BCUT2D eigenvalue weighted by Crippen LogP contribution is -2.43. The molecule has 1 fully saturated rings. The highest BCUT2D eigenvalue weighted by Crippen LogP contribution is 2.24. The van der Waals surface area contributed by atoms with Gasteiger partial charge in [0.2, 0.25) is 17.7 Å². The van der Waals surface area contributed by atoms with Crippen molar-refractivity contribution >= 4 is 40.4 Å². The summed E-state index contributed by atoms with van der Waals surface area (Å²) in [7, 11) is 0. The lowest BCUT2D eigenvalue weighted by atomic mass is 9.99. The summed E-state index contributed by atoms with van der Waals surface area (Å²) in [6, 6.07) is 18.8. The number of nitrogens with one attached hydrogen (secondary N) is 4. The molecule has 5 aromatic rings. The van der Waals surface area contributed by atoms with Gasteiger partial charge in [-0.3, -0.25) is 4.79 Å². The number of carbonyl (C=O) groups excluding carboxylic acids is 1. The third-order valence-electron chi connectivity index (χ3n) is 6.18. The van der Waals surface area contributed by atoms with Crippen LogP contribution in [0.5, 0.6) is 0 Å². The quantitative estimate of drug-likeness (QED) is 0.247. The van der Waals surface area contributed by atoms with Gasteiger partial charge >= 0.3 is 0 Å². The maximum absolute atomic E-state index is 12.2. The van der Waals surface area contributed by atoms with Gasteiger partial charge in [0.05, 0.1) is 0 Å². The Bertz CT molecular complexity index is 1590. The van der Waals surface area contributed by atoms with Crippen LogP contribution in [0.15, 0.2) is 73.1 Å². The van der Waals surface area contributed by atoms with E-state index in [4.69, 9.17) is 4.98 Å². The zero-order valence-electron chi connectivity index (χ0n) is 20.7. The van der Waals surface area contributed by atoms with Crippen LogP contribution in [0.1, 0.15) is 12.1 Å². The first-order valence-electron chi connectivity index (χ1n) is 12.4. The molecule has 38 heavy (non-hydrogen) atoms. The van der Waals surface area contributed by atoms with Gasteiger partial charge in [-0.1, -0.05) is 6.07 Å². The fourth-order valence-electron chi connectivity index (χ4n) is 4.15. The number of fused-ring (bicyclic) bond motifs is 1. The minimum Gasteiger partial charge on any atom is -0.326 e. The Hall–Kier alpha value is -4.90. The normalized spacial score (nSPS) is 13.2. The smallest absolute Gasteiger partial charge is 0.229 e. The van der Waals surface area contributed by atoms with Crippen molar-refractivity contribution < 1.29 is 4.79 Å². The number of aryl methyl sites for hydroxylation is 1. The van der Waals surface area contributed by atoms with E-state index in [-0.39, 0.29) is 5.91 Å². The van der Waals surface area contributed by atoms with Gasteiger partial charge in [-0.05, 0) is 80.5 Å². The summed E-state index contributed by atoms with van der Waals surface area (Å²) in [5, 5.41) is 17.2. The third kappa shape index (κ3) is 5.27. The molecule has 4 aromatic heterocycles. The number of carbonyl (C=O) groups is 1. The van der Waals surface area contributed by atoms with Gasteiger partial charge in [0.1, 0.15) is 17.0 Å². The van der Waals surface area contributed by atoms with E-state index in [1.165, 1.54) is 0 Å². The fraction of sp³-hybridized carbons (Fsp3) is 0.185. The molecule has 1 aliphatic heterocycles. The molecule has 6 rings (SSSR count). The molecule has 1 aromatic carbocycles. The average molecular weight is 507 g/mol. The Kier molecular flexibility index (Phi) is 6.32. The summed E-state index contributed by atoms with van der Waals surface area (Å²) in [5.41, 5.74) is 3.94. The molecular weight excluding hydrogens is 480 g/mol. The number of hydrogen-bond acceptors (Lipinski definition) is 9. The van der Waals surface area contributed by atoms with E-state index in [0.29, 0.717) is 41.4 Å². The van der Waals surface area contributed by atoms with Gasteiger partial charge in [0.15, 0.2) is 5.82 Å². The summed E-state index contributed by atoms with van der Waals surface area (Å²) >= 11 is 0. The van der Waals surface area contributed by atoms with Crippen molar-refractivity contribution in [3.8, 4) is 11.5 Å². The van der Waals surface area contributed by atoms with Crippen LogP contribution >= 0.6 is 0 Å². The van der Waals surface area contributed by atoms with Gasteiger partial charge in [0, 0.05) is 35.9 Å². The van der Waals surface area contributed by atoms with Crippen LogP contribution < -0.4 is 21.3 Å². The highest BCUT2D eigenvalue weighted by molar-refractivity contribution is 5.91. The Morgan fingerprint density at radius 2 is 1.82 bits per heavy atom. The minimum atomic E-state index is 0.0301. The van der Waals surface area contributed by atoms with Crippen LogP contribution in [0.2, 0.25) is 0 Å². The van der Waals surface area contributed by atoms with Crippen molar-refractivity contribution in [2.24, 2.45) is 5.92 Å². The highest BCUT2D eigenvalue weighted by atomic mass is 16.1. The number of benzene rings is 1. The van der Waals surface area contributed by atoms with Crippen LogP contribution in [0.4, 0.5) is 29.0 Å². The standard InChI is InChI=1S/C27H26N10O/c1-17-4-2-5-21(30-17)25-35-26(22-6-3-13-37(22)36-25)33-23-11-12-29-27(34-23)32-20-9-7-19(8-10-20)31-24(38)14-18-15-28-16-18/h2-13,18,28H,14-16H2,1H3,(H,31,38)(H2,29,32,33,34,35,36). The molecule has 0 radical (unpaired) electrons. The molecule has 11 nitrogen and oxygen atoms in total. The molecule has 0 aliphatic carbocycles. The van der Waals surface area contributed by atoms with E-state index < -0.39 is 0 Å². The summed E-state index contributed by atoms with van der Waals surface area (Å²) in [5.74, 6) is 2.56. The number of aromatic nitrogens is 6. The largest absolute Gasteiger partial charge is 0.326 e. The topological polar surface area (TPSA) is 134 Å². The van der Waals surface area contributed by atoms with Crippen LogP contribution in [0.3, 0.4) is 0 Å². The molecule has 190 valence electrons. The van der Waals surface area contributed by atoms with Crippen molar-refractivity contribution in [1.29, 1.82) is 0 Å². The lowest BCUT2D eigenvalue weighted by Gasteiger charge is -2.26. The van der Waals surface area contributed by atoms with Gasteiger partial charge in [-0.2, -0.15) is 4.98 Å². The van der Waals surface area contributed by atoms with Crippen molar-refractivity contribution in [2.75, 3.05) is 29.0 Å². The number of hydrogen-bond donors (Lipinski definition) is 4. The fourth-order valence-corrected chi connectivity index (χ4v) is 4.15. The number of nitrogens with zero attached hydrogens (tertiary/aromatic N) is 6. The first-order valence-corrected chi connectivity index (χ1v) is 12.4. The number of rotatable bonds is 8. The van der Waals surface area contributed by atoms with Crippen LogP contribution in [-0.2, 0) is 4.79 Å². The summed E-state index contributed by atoms with van der Waals surface area (Å²) < 4.78 is 1.76. The van der Waals surface area contributed by atoms with Crippen LogP contribution in [0.25, 0.3) is 17.0 Å². The van der Waals surface area contributed by atoms with E-state index in [2.05, 4.69) is 41.3 Å². The van der Waals surface area contributed by atoms with E-state index in [1.54, 1.807) is 16.8 Å². The Labute approximate surface area is 218 Å². The second-order valence-electron chi connectivity index (χ2n) is 9.16. The first-order chi connectivity index (χ1) is 18.6. The molecule has 0 saturated carbocycles. The molecule has 4 N–H and O–H groups in total. The van der Waals surface area contributed by atoms with E-state index >= 15 is 0 Å². The van der Waals surface area contributed by atoms with Crippen molar-refractivity contribution in [3.05, 3.63) is 78.8 Å². The molecule has 0 atom stereocenters. The average Bonchev–Trinajstić information content (AvgIpc) is 3.37. The first kappa shape index (κ1) is 23.5. The van der Waals surface area contributed by atoms with Gasteiger partial charge in [0.25, 0.3) is 0 Å². The number of amides is 1. The second kappa shape index (κ2) is 10.2. The molecule has 0 bridgehead atoms. The zero-order valence-corrected chi connectivity index (χ0v) is 20.7. The van der Waals surface area contributed by atoms with Gasteiger partial charge < -0.3 is 21.3 Å². The van der Waals surface area contributed by atoms with E-state index in [9.17, 15) is 4.79 Å². The van der Waals surface area contributed by atoms with E-state index in [0.717, 1.165) is 35.7 Å². The van der Waals surface area contributed by atoms with Crippen molar-refractivity contribution in [1.82, 2.24) is 34.9 Å². The molecular formula is C27H26N10O. The van der Waals surface area contributed by atoms with Gasteiger partial charge in [-0.15, -0.1) is 5.10 Å². The molecule has 0 unspecified atom stereocenters. The van der Waals surface area contributed by atoms with Crippen LogP contribution in [-0.4, -0.2) is 48.5 Å². The summed E-state index contributed by atoms with van der Waals surface area (Å²) in [4.78, 5) is 30.4. The minimum absolute atomic E-state index is 0.0301. The van der Waals surface area contributed by atoms with Crippen LogP contribution in [0, 0.1) is 12.8 Å². The molecule has 1 aliphatic rings. The Morgan fingerprint density at radius 3 is 2.61 bits per heavy atom. The van der Waals surface area contributed by atoms with Crippen molar-refractivity contribution in [2.45, 2.75) is 13.3 Å². The summed E-state index contributed by atoms with van der Waals surface area (Å²) in [6.45, 7) is 3.75. The predicted molar refractivity (Wildman–Crippen MR) is 146 cm³/mol.